The fourth-order valence-corrected chi connectivity index (χ4v) is 4.02. The van der Waals surface area contributed by atoms with Crippen LogP contribution in [0.15, 0.2) is 76.9 Å². The third kappa shape index (κ3) is 5.24. The van der Waals surface area contributed by atoms with E-state index in [1.807, 2.05) is 18.2 Å². The highest BCUT2D eigenvalue weighted by Crippen LogP contribution is 2.26. The number of rotatable bonds is 6. The standard InChI is InChI=1S/C25H22N4O3S/c1-15(2)16-6-8-17(9-7-16)23(31)27-25-20(12-13-33-25)24(32)26-19-5-3-4-18(14-19)21-10-11-22(30)29-28-21/h3-15H,1-2H3,(H,26,32)(H,27,31)(H,29,30). The van der Waals surface area contributed by atoms with Gasteiger partial charge in [0.25, 0.3) is 17.4 Å². The second kappa shape index (κ2) is 9.62. The minimum Gasteiger partial charge on any atom is -0.322 e. The Morgan fingerprint density at radius 2 is 1.73 bits per heavy atom. The van der Waals surface area contributed by atoms with Crippen LogP contribution in [0.1, 0.15) is 46.0 Å². The van der Waals surface area contributed by atoms with Crippen LogP contribution in [-0.4, -0.2) is 22.0 Å². The zero-order valence-electron chi connectivity index (χ0n) is 18.1. The van der Waals surface area contributed by atoms with E-state index in [1.165, 1.54) is 17.4 Å². The van der Waals surface area contributed by atoms with Crippen LogP contribution in [-0.2, 0) is 0 Å². The fraction of sp³-hybridized carbons (Fsp3) is 0.120. The van der Waals surface area contributed by atoms with Gasteiger partial charge < -0.3 is 10.6 Å². The Labute approximate surface area is 194 Å². The maximum Gasteiger partial charge on any atom is 0.264 e. The van der Waals surface area contributed by atoms with Crippen LogP contribution in [0.4, 0.5) is 10.7 Å². The van der Waals surface area contributed by atoms with Crippen LogP contribution in [0.5, 0.6) is 0 Å². The Morgan fingerprint density at radius 1 is 0.939 bits per heavy atom. The first-order chi connectivity index (χ1) is 15.9. The highest BCUT2D eigenvalue weighted by Gasteiger charge is 2.17. The molecule has 3 N–H and O–H groups in total. The molecule has 0 atom stereocenters. The number of benzene rings is 2. The van der Waals surface area contributed by atoms with E-state index in [1.54, 1.807) is 47.8 Å². The summed E-state index contributed by atoms with van der Waals surface area (Å²) < 4.78 is 0. The average molecular weight is 459 g/mol. The number of H-pyrrole nitrogens is 1. The van der Waals surface area contributed by atoms with Gasteiger partial charge in [0.15, 0.2) is 0 Å². The Balaban J connectivity index is 1.48. The van der Waals surface area contributed by atoms with E-state index in [2.05, 4.69) is 34.7 Å². The van der Waals surface area contributed by atoms with Crippen molar-refractivity contribution < 1.29 is 9.59 Å². The van der Waals surface area contributed by atoms with Crippen molar-refractivity contribution >= 4 is 33.8 Å². The molecule has 0 aliphatic heterocycles. The maximum atomic E-state index is 12.9. The summed E-state index contributed by atoms with van der Waals surface area (Å²) in [4.78, 5) is 36.8. The third-order valence-electron chi connectivity index (χ3n) is 5.07. The number of nitrogens with one attached hydrogen (secondary N) is 3. The normalized spacial score (nSPS) is 10.8. The molecule has 0 aliphatic rings. The fourth-order valence-electron chi connectivity index (χ4n) is 3.24. The quantitative estimate of drug-likeness (QED) is 0.373. The molecule has 0 saturated heterocycles. The molecule has 0 spiro atoms. The topological polar surface area (TPSA) is 104 Å². The molecule has 4 rings (SSSR count). The van der Waals surface area contributed by atoms with Crippen molar-refractivity contribution in [2.45, 2.75) is 19.8 Å². The van der Waals surface area contributed by atoms with E-state index in [0.29, 0.717) is 33.4 Å². The minimum absolute atomic E-state index is 0.270. The van der Waals surface area contributed by atoms with Crippen molar-refractivity contribution in [3.05, 3.63) is 99.2 Å². The smallest absolute Gasteiger partial charge is 0.264 e. The molecule has 0 saturated carbocycles. The van der Waals surface area contributed by atoms with Gasteiger partial charge in [-0.1, -0.05) is 38.1 Å². The van der Waals surface area contributed by atoms with Crippen LogP contribution >= 0.6 is 11.3 Å². The first-order valence-corrected chi connectivity index (χ1v) is 11.2. The molecule has 2 heterocycles. The number of nitrogens with zero attached hydrogens (tertiary/aromatic N) is 1. The summed E-state index contributed by atoms with van der Waals surface area (Å²) in [5, 5.41) is 14.3. The van der Waals surface area contributed by atoms with Crippen LogP contribution in [0.25, 0.3) is 11.3 Å². The van der Waals surface area contributed by atoms with Gasteiger partial charge in [-0.2, -0.15) is 5.10 Å². The predicted octanol–water partition coefficient (Wildman–Crippen LogP) is 5.13. The van der Waals surface area contributed by atoms with Gasteiger partial charge in [-0.25, -0.2) is 5.10 Å². The number of aromatic amines is 1. The molecule has 0 radical (unpaired) electrons. The van der Waals surface area contributed by atoms with E-state index in [-0.39, 0.29) is 17.4 Å². The van der Waals surface area contributed by atoms with Crippen molar-refractivity contribution in [2.75, 3.05) is 10.6 Å². The van der Waals surface area contributed by atoms with Gasteiger partial charge >= 0.3 is 0 Å². The van der Waals surface area contributed by atoms with Gasteiger partial charge in [0.2, 0.25) is 0 Å². The lowest BCUT2D eigenvalue weighted by Gasteiger charge is -2.10. The van der Waals surface area contributed by atoms with Crippen molar-refractivity contribution in [3.8, 4) is 11.3 Å². The van der Waals surface area contributed by atoms with Crippen molar-refractivity contribution in [2.24, 2.45) is 0 Å². The minimum atomic E-state index is -0.340. The van der Waals surface area contributed by atoms with E-state index in [0.717, 1.165) is 11.1 Å². The monoisotopic (exact) mass is 458 g/mol. The summed E-state index contributed by atoms with van der Waals surface area (Å²) in [6, 6.07) is 19.3. The zero-order chi connectivity index (χ0) is 23.4. The van der Waals surface area contributed by atoms with Crippen LogP contribution in [0.2, 0.25) is 0 Å². The molecule has 0 fully saturated rings. The summed E-state index contributed by atoms with van der Waals surface area (Å²) >= 11 is 1.28. The number of amides is 2. The maximum absolute atomic E-state index is 12.9. The third-order valence-corrected chi connectivity index (χ3v) is 5.90. The summed E-state index contributed by atoms with van der Waals surface area (Å²) in [5.74, 6) is -0.227. The molecular weight excluding hydrogens is 436 g/mol. The highest BCUT2D eigenvalue weighted by atomic mass is 32.1. The van der Waals surface area contributed by atoms with Gasteiger partial charge in [-0.15, -0.1) is 11.3 Å². The molecule has 33 heavy (non-hydrogen) atoms. The van der Waals surface area contributed by atoms with Crippen LogP contribution < -0.4 is 16.2 Å². The number of anilines is 2. The van der Waals surface area contributed by atoms with Crippen molar-refractivity contribution in [1.29, 1.82) is 0 Å². The van der Waals surface area contributed by atoms with Gasteiger partial charge in [-0.3, -0.25) is 14.4 Å². The molecule has 0 unspecified atom stereocenters. The summed E-state index contributed by atoms with van der Waals surface area (Å²) in [6.07, 6.45) is 0. The summed E-state index contributed by atoms with van der Waals surface area (Å²) in [5.41, 5.74) is 3.66. The number of hydrogen-bond donors (Lipinski definition) is 3. The van der Waals surface area contributed by atoms with Gasteiger partial charge in [-0.05, 0) is 53.3 Å². The first-order valence-electron chi connectivity index (χ1n) is 10.4. The summed E-state index contributed by atoms with van der Waals surface area (Å²) in [7, 11) is 0. The van der Waals surface area contributed by atoms with Gasteiger partial charge in [0, 0.05) is 22.9 Å². The Morgan fingerprint density at radius 3 is 2.42 bits per heavy atom. The molecule has 2 aromatic heterocycles. The molecule has 8 heteroatoms. The van der Waals surface area contributed by atoms with E-state index in [9.17, 15) is 14.4 Å². The lowest BCUT2D eigenvalue weighted by Crippen LogP contribution is -2.16. The second-order valence-corrected chi connectivity index (χ2v) is 8.65. The van der Waals surface area contributed by atoms with Crippen LogP contribution in [0, 0.1) is 0 Å². The lowest BCUT2D eigenvalue weighted by molar-refractivity contribution is 0.102. The second-order valence-electron chi connectivity index (χ2n) is 7.74. The highest BCUT2D eigenvalue weighted by molar-refractivity contribution is 7.14. The van der Waals surface area contributed by atoms with Gasteiger partial charge in [0.1, 0.15) is 5.00 Å². The van der Waals surface area contributed by atoms with E-state index >= 15 is 0 Å². The Bertz CT molecular complexity index is 1340. The largest absolute Gasteiger partial charge is 0.322 e. The number of thiophene rings is 1. The number of carbonyl (C=O) groups is 2. The first kappa shape index (κ1) is 22.2. The SMILES string of the molecule is CC(C)c1ccc(C(=O)Nc2sccc2C(=O)Nc2cccc(-c3ccc(=O)[nH]n3)c2)cc1. The Hall–Kier alpha value is -4.04. The van der Waals surface area contributed by atoms with Gasteiger partial charge in [0.05, 0.1) is 11.3 Å². The molecule has 0 aliphatic carbocycles. The Kier molecular flexibility index (Phi) is 6.46. The molecule has 7 nitrogen and oxygen atoms in total. The predicted molar refractivity (Wildman–Crippen MR) is 131 cm³/mol. The molecule has 2 amide bonds. The molecular formula is C25H22N4O3S. The molecule has 4 aromatic rings. The number of aromatic nitrogens is 2. The van der Waals surface area contributed by atoms with Crippen LogP contribution in [0.3, 0.4) is 0 Å². The van der Waals surface area contributed by atoms with E-state index < -0.39 is 0 Å². The zero-order valence-corrected chi connectivity index (χ0v) is 18.9. The molecule has 166 valence electrons. The molecule has 2 aromatic carbocycles. The van der Waals surface area contributed by atoms with Crippen molar-refractivity contribution in [3.63, 3.8) is 0 Å². The number of carbonyl (C=O) groups excluding carboxylic acids is 2. The number of hydrogen-bond acceptors (Lipinski definition) is 5. The van der Waals surface area contributed by atoms with E-state index in [4.69, 9.17) is 0 Å². The summed E-state index contributed by atoms with van der Waals surface area (Å²) in [6.45, 7) is 4.19. The van der Waals surface area contributed by atoms with Crippen molar-refractivity contribution in [1.82, 2.24) is 10.2 Å². The molecule has 0 bridgehead atoms. The average Bonchev–Trinajstić information content (AvgIpc) is 3.28. The lowest BCUT2D eigenvalue weighted by atomic mass is 10.0.